The first-order valence-electron chi connectivity index (χ1n) is 38.7. The predicted molar refractivity (Wildman–Crippen MR) is 502 cm³/mol. The van der Waals surface area contributed by atoms with Gasteiger partial charge in [-0.2, -0.15) is 30.6 Å². The first kappa shape index (κ1) is 92.1. The molecule has 0 saturated carbocycles. The second kappa shape index (κ2) is 39.5. The molecule has 0 aliphatic heterocycles. The van der Waals surface area contributed by atoms with Crippen LogP contribution < -0.4 is 34.4 Å². The fourth-order valence-electron chi connectivity index (χ4n) is 12.6. The van der Waals surface area contributed by atoms with E-state index in [1.807, 2.05) is 100 Å². The van der Waals surface area contributed by atoms with Crippen LogP contribution in [0.5, 0.6) is 34.5 Å². The Labute approximate surface area is 771 Å². The van der Waals surface area contributed by atoms with Crippen molar-refractivity contribution in [2.24, 2.45) is 7.05 Å². The van der Waals surface area contributed by atoms with Crippen molar-refractivity contribution in [3.05, 3.63) is 277 Å². The van der Waals surface area contributed by atoms with E-state index >= 15 is 0 Å². The van der Waals surface area contributed by atoms with E-state index < -0.39 is 0 Å². The zero-order valence-corrected chi connectivity index (χ0v) is 75.2. The molecule has 130 heavy (non-hydrogen) atoms. The van der Waals surface area contributed by atoms with Gasteiger partial charge in [0.15, 0.2) is 29.1 Å². The van der Waals surface area contributed by atoms with Gasteiger partial charge in [-0.25, -0.2) is 78.2 Å². The second-order valence-corrected chi connectivity index (χ2v) is 31.4. The van der Waals surface area contributed by atoms with E-state index in [9.17, 15) is 30.6 Å². The fraction of sp³-hybridized carbons (Fsp3) is 0.114. The van der Waals surface area contributed by atoms with E-state index in [1.54, 1.807) is 119 Å². The zero-order valence-electron chi connectivity index (χ0n) is 70.6. The highest BCUT2D eigenvalue weighted by Crippen LogP contribution is 2.40. The maximum Gasteiger partial charge on any atom is 0.182 e. The Morgan fingerprint density at radius 3 is 0.962 bits per heavy atom. The summed E-state index contributed by atoms with van der Waals surface area (Å²) in [7, 11) is 1.84. The Hall–Kier alpha value is -15.6. The van der Waals surface area contributed by atoms with Crippen LogP contribution in [-0.4, -0.2) is 149 Å². The Morgan fingerprint density at radius 2 is 0.646 bits per heavy atom. The maximum absolute atomic E-state index is 9.57. The van der Waals surface area contributed by atoms with Gasteiger partial charge < -0.3 is 65.0 Å². The normalized spacial score (nSPS) is 10.8. The summed E-state index contributed by atoms with van der Waals surface area (Å²) in [4.78, 5) is 52.1. The number of nitrogens with two attached hydrogens (primary N) is 6. The van der Waals surface area contributed by atoms with Crippen LogP contribution in [0.2, 0.25) is 30.1 Å². The minimum Gasteiger partial charge on any atom is -0.506 e. The molecule has 42 heteroatoms. The number of rotatable bonds is 12. The zero-order chi connectivity index (χ0) is 93.4. The van der Waals surface area contributed by atoms with E-state index in [-0.39, 0.29) is 64.6 Å². The summed E-state index contributed by atoms with van der Waals surface area (Å²) in [6.07, 6.45) is 19.7. The number of hydrogen-bond acceptors (Lipinski definition) is 30. The van der Waals surface area contributed by atoms with Crippen LogP contribution in [0.4, 0.5) is 34.9 Å². The van der Waals surface area contributed by atoms with Crippen LogP contribution in [0.1, 0.15) is 50.9 Å². The quantitative estimate of drug-likeness (QED) is 0.0540. The smallest absolute Gasteiger partial charge is 0.182 e. The number of phenolic OH excluding ortho intramolecular Hbond substituents is 6. The molecule has 12 heterocycles. The number of aromatic nitrogens is 24. The summed E-state index contributed by atoms with van der Waals surface area (Å²) in [5.41, 5.74) is 52.3. The van der Waals surface area contributed by atoms with E-state index in [4.69, 9.17) is 104 Å². The van der Waals surface area contributed by atoms with E-state index in [1.165, 1.54) is 73.6 Å². The van der Waals surface area contributed by atoms with Crippen LogP contribution in [0.25, 0.3) is 108 Å². The molecular formula is C88H80Cl6N30O6. The Morgan fingerprint density at radius 1 is 0.292 bits per heavy atom. The van der Waals surface area contributed by atoms with E-state index in [0.717, 1.165) is 78.7 Å². The third-order valence-electron chi connectivity index (χ3n) is 19.1. The molecule has 0 fully saturated rings. The molecule has 0 aliphatic carbocycles. The Kier molecular flexibility index (Phi) is 28.0. The SMILES string of the molecule is Cc1cc(C)n(-c2nc(N)cnc2-c2ccc(O)c(Cl)c2)n1.Cc1ccn(-c2nc(N)cnc2-c2ccc(O)c(Cl)c2)n1.Cc1cn(-c2nc(N)cnc2-c2ccc(O)c(Cl)c2)nc1C.Cc1cnn(-c2nc(N)cnc2-c2ccc(O)c(Cl)c2)c1.Cc1cnn(-c2nc(N)cnc2-c2ccc(O)c(Cl)c2)c1C.Cc1nn(C)cc1-c1nc(N)cnc1-c1ccc(O)c(Cl)c1. The lowest BCUT2D eigenvalue weighted by Crippen LogP contribution is -2.08. The summed E-state index contributed by atoms with van der Waals surface area (Å²) in [6.45, 7) is 17.3. The van der Waals surface area contributed by atoms with Crippen molar-refractivity contribution in [3.63, 3.8) is 0 Å². The molecule has 0 unspecified atom stereocenters. The van der Waals surface area contributed by atoms with Crippen molar-refractivity contribution >= 4 is 105 Å². The summed E-state index contributed by atoms with van der Waals surface area (Å²) in [6, 6.07) is 33.0. The van der Waals surface area contributed by atoms with Crippen molar-refractivity contribution in [1.82, 2.24) is 118 Å². The van der Waals surface area contributed by atoms with Gasteiger partial charge in [0.1, 0.15) is 104 Å². The van der Waals surface area contributed by atoms with Crippen molar-refractivity contribution < 1.29 is 30.6 Å². The molecule has 6 aromatic carbocycles. The summed E-state index contributed by atoms with van der Waals surface area (Å²) < 4.78 is 9.94. The number of nitrogen functional groups attached to an aromatic ring is 6. The van der Waals surface area contributed by atoms with Gasteiger partial charge in [0, 0.05) is 82.2 Å². The van der Waals surface area contributed by atoms with Crippen molar-refractivity contribution in [1.29, 1.82) is 0 Å². The van der Waals surface area contributed by atoms with Crippen LogP contribution in [0, 0.1) is 62.3 Å². The Balaban J connectivity index is 0.000000133. The molecule has 18 rings (SSSR count). The first-order chi connectivity index (χ1) is 61.9. The summed E-state index contributed by atoms with van der Waals surface area (Å²) in [5.74, 6) is 4.48. The van der Waals surface area contributed by atoms with E-state index in [2.05, 4.69) is 90.4 Å². The lowest BCUT2D eigenvalue weighted by molar-refractivity contribution is 0.475. The largest absolute Gasteiger partial charge is 0.506 e. The van der Waals surface area contributed by atoms with Gasteiger partial charge in [-0.3, -0.25) is 9.67 Å². The van der Waals surface area contributed by atoms with Gasteiger partial charge >= 0.3 is 0 Å². The van der Waals surface area contributed by atoms with Crippen LogP contribution in [0.15, 0.2) is 196 Å². The lowest BCUT2D eigenvalue weighted by Gasteiger charge is -2.11. The maximum atomic E-state index is 9.57. The van der Waals surface area contributed by atoms with Crippen LogP contribution in [0.3, 0.4) is 0 Å². The predicted octanol–water partition coefficient (Wildman–Crippen LogP) is 16.6. The number of aryl methyl sites for hydroxylation is 9. The fourth-order valence-corrected chi connectivity index (χ4v) is 13.7. The molecule has 18 N–H and O–H groups in total. The standard InChI is InChI=1S/4C15H14ClN5O.2C14H12ClN5O/c1-8-10(7-21(2)20-8)15-14(18-6-13(17)19-15)9-3-4-12(22)11(16)5-9;1-8-7-21(20-9(8)2)15-14(18-6-13(17)19-15)10-3-4-12(22)11(16)5-10;1-8-6-19-21(9(8)2)15-14(18-7-13(17)20-15)10-3-4-12(22)11(16)5-10;1-8-5-9(2)21(20-8)15-14(18-7-13(17)19-15)10-3-4-12(22)11(16)6-10;1-8-5-18-20(7-8)14-13(17-6-12(16)19-14)9-2-3-11(21)10(15)4-9;1-8-4-5-20(19-8)14-13(17-7-12(16)18-14)9-2-3-11(21)10(15)6-9/h2*3-7,22H,1-2H3,(H2,17,19);3-7,22H,1-2H3,(H2,17,20);3-7,22H,1-2H3,(H2,17,19);2-7,21H,1H3,(H2,16,19);2-7,21H,1H3,(H2,16,18). The highest BCUT2D eigenvalue weighted by atomic mass is 35.5. The number of benzene rings is 6. The van der Waals surface area contributed by atoms with Crippen molar-refractivity contribution in [2.75, 3.05) is 34.4 Å². The number of phenols is 6. The van der Waals surface area contributed by atoms with Gasteiger partial charge in [-0.1, -0.05) is 69.6 Å². The molecule has 18 aromatic rings. The third kappa shape index (κ3) is 21.4. The van der Waals surface area contributed by atoms with Gasteiger partial charge in [-0.15, -0.1) is 0 Å². The average molecular weight is 1870 g/mol. The van der Waals surface area contributed by atoms with Gasteiger partial charge in [0.05, 0.1) is 108 Å². The number of aromatic hydroxyl groups is 6. The lowest BCUT2D eigenvalue weighted by atomic mass is 10.0. The molecule has 0 aliphatic rings. The molecule has 0 amide bonds. The molecule has 36 nitrogen and oxygen atoms in total. The molecule has 12 aromatic heterocycles. The average Bonchev–Trinajstić information content (AvgIpc) is 1.54. The monoisotopic (exact) mass is 1860 g/mol. The van der Waals surface area contributed by atoms with Gasteiger partial charge in [-0.05, 0) is 200 Å². The number of hydrogen-bond donors (Lipinski definition) is 12. The van der Waals surface area contributed by atoms with Gasteiger partial charge in [0.2, 0.25) is 0 Å². The topological polar surface area (TPSA) is 539 Å². The van der Waals surface area contributed by atoms with Crippen molar-refractivity contribution in [2.45, 2.75) is 62.3 Å². The number of nitrogens with zero attached hydrogens (tertiary/aromatic N) is 24. The second-order valence-electron chi connectivity index (χ2n) is 29.0. The summed E-state index contributed by atoms with van der Waals surface area (Å²) in [5, 5.41) is 84.8. The van der Waals surface area contributed by atoms with Crippen molar-refractivity contribution in [3.8, 4) is 142 Å². The minimum atomic E-state index is 0.0142. The minimum absolute atomic E-state index is 0.0142. The first-order valence-corrected chi connectivity index (χ1v) is 41.0. The van der Waals surface area contributed by atoms with E-state index in [0.29, 0.717) is 115 Å². The Bertz CT molecular complexity index is 6820. The molecular weight excluding hydrogens is 1790 g/mol. The number of anilines is 6. The highest BCUT2D eigenvalue weighted by molar-refractivity contribution is 6.34. The molecule has 0 saturated heterocycles. The third-order valence-corrected chi connectivity index (χ3v) is 21.0. The molecule has 0 spiro atoms. The molecule has 0 radical (unpaired) electrons. The number of halogens is 6. The highest BCUT2D eigenvalue weighted by Gasteiger charge is 2.23. The van der Waals surface area contributed by atoms with Crippen LogP contribution >= 0.6 is 69.6 Å². The van der Waals surface area contributed by atoms with Gasteiger partial charge in [0.25, 0.3) is 0 Å². The molecule has 0 bridgehead atoms. The summed E-state index contributed by atoms with van der Waals surface area (Å²) >= 11 is 35.8. The van der Waals surface area contributed by atoms with Crippen LogP contribution in [-0.2, 0) is 7.05 Å². The molecule has 660 valence electrons. The molecule has 0 atom stereocenters.